The highest BCUT2D eigenvalue weighted by molar-refractivity contribution is 5.97. The molecule has 0 aliphatic heterocycles. The van der Waals surface area contributed by atoms with Crippen molar-refractivity contribution in [3.8, 4) is 5.69 Å². The first kappa shape index (κ1) is 21.0. The molecule has 0 fully saturated rings. The first-order valence-electron chi connectivity index (χ1n) is 11.6. The minimum Gasteiger partial charge on any atom is -0.341 e. The van der Waals surface area contributed by atoms with Gasteiger partial charge >= 0.3 is 0 Å². The van der Waals surface area contributed by atoms with Crippen molar-refractivity contribution in [1.82, 2.24) is 9.47 Å². The fraction of sp³-hybridized carbons (Fsp3) is 0.167. The molecular formula is C30H28N2O. The number of carbonyl (C=O) groups excluding carboxylic acids is 1. The van der Waals surface area contributed by atoms with Crippen LogP contribution < -0.4 is 0 Å². The van der Waals surface area contributed by atoms with Gasteiger partial charge in [-0.25, -0.2) is 0 Å². The van der Waals surface area contributed by atoms with Crippen molar-refractivity contribution in [2.24, 2.45) is 0 Å². The van der Waals surface area contributed by atoms with E-state index < -0.39 is 0 Å². The predicted molar refractivity (Wildman–Crippen MR) is 135 cm³/mol. The maximum absolute atomic E-state index is 13.3. The lowest BCUT2D eigenvalue weighted by Crippen LogP contribution is -2.28. The van der Waals surface area contributed by atoms with E-state index in [9.17, 15) is 4.79 Å². The smallest absolute Gasteiger partial charge is 0.255 e. The summed E-state index contributed by atoms with van der Waals surface area (Å²) in [6, 6.07) is 29.2. The minimum absolute atomic E-state index is 0.0411. The molecule has 1 aliphatic rings. The molecule has 0 spiro atoms. The van der Waals surface area contributed by atoms with Crippen LogP contribution in [0.3, 0.4) is 0 Å². The molecule has 3 aromatic carbocycles. The van der Waals surface area contributed by atoms with E-state index in [1.807, 2.05) is 65.3 Å². The molecule has 0 N–H and O–H groups in total. The van der Waals surface area contributed by atoms with Gasteiger partial charge in [-0.15, -0.1) is 0 Å². The second kappa shape index (κ2) is 9.33. The molecule has 164 valence electrons. The number of fused-ring (bicyclic) bond motifs is 2. The number of rotatable bonds is 5. The van der Waals surface area contributed by atoms with Gasteiger partial charge < -0.3 is 9.47 Å². The number of carbonyl (C=O) groups is 1. The molecule has 0 saturated heterocycles. The summed E-state index contributed by atoms with van der Waals surface area (Å²) in [6.07, 6.45) is 9.16. The number of hydrogen-bond acceptors (Lipinski definition) is 1. The summed E-state index contributed by atoms with van der Waals surface area (Å²) in [5, 5.41) is 0. The SMILES string of the molecule is CN(CCC=C1c2ccccc2CCc2ccccc21)C(=O)c1ccccc1-n1cccc1. The normalized spacial score (nSPS) is 12.5. The number of hydrogen-bond donors (Lipinski definition) is 0. The Hall–Kier alpha value is -3.85. The van der Waals surface area contributed by atoms with Crippen LogP contribution in [0.25, 0.3) is 11.3 Å². The van der Waals surface area contributed by atoms with E-state index >= 15 is 0 Å². The summed E-state index contributed by atoms with van der Waals surface area (Å²) in [4.78, 5) is 15.1. The van der Waals surface area contributed by atoms with Crippen LogP contribution in [0.4, 0.5) is 0 Å². The van der Waals surface area contributed by atoms with Gasteiger partial charge in [0.15, 0.2) is 0 Å². The van der Waals surface area contributed by atoms with Gasteiger partial charge in [-0.3, -0.25) is 4.79 Å². The topological polar surface area (TPSA) is 25.2 Å². The molecular weight excluding hydrogens is 404 g/mol. The van der Waals surface area contributed by atoms with Crippen molar-refractivity contribution in [3.63, 3.8) is 0 Å². The summed E-state index contributed by atoms with van der Waals surface area (Å²) in [5.41, 5.74) is 8.32. The Bertz CT molecular complexity index is 1250. The van der Waals surface area contributed by atoms with Gasteiger partial charge in [0.25, 0.3) is 5.91 Å². The Morgan fingerprint density at radius 3 is 2.06 bits per heavy atom. The predicted octanol–water partition coefficient (Wildman–Crippen LogP) is 6.17. The Labute approximate surface area is 195 Å². The lowest BCUT2D eigenvalue weighted by Gasteiger charge is -2.19. The molecule has 0 saturated carbocycles. The standard InChI is InChI=1S/C30H28N2O/c1-31(30(33)28-15-6-7-17-29(28)32-21-8-9-22-32)20-10-16-27-25-13-4-2-11-23(25)18-19-24-12-3-5-14-26(24)27/h2-9,11-17,21-22H,10,18-20H2,1H3. The van der Waals surface area contributed by atoms with Crippen LogP contribution in [0.2, 0.25) is 0 Å². The third-order valence-corrected chi connectivity index (χ3v) is 6.46. The molecule has 1 aromatic heterocycles. The fourth-order valence-corrected chi connectivity index (χ4v) is 4.72. The second-order valence-electron chi connectivity index (χ2n) is 8.55. The molecule has 4 aromatic rings. The summed E-state index contributed by atoms with van der Waals surface area (Å²) >= 11 is 0. The van der Waals surface area contributed by atoms with Crippen molar-refractivity contribution in [2.45, 2.75) is 19.3 Å². The molecule has 0 atom stereocenters. The monoisotopic (exact) mass is 432 g/mol. The van der Waals surface area contributed by atoms with Crippen LogP contribution in [0.1, 0.15) is 39.0 Å². The molecule has 1 amide bonds. The zero-order valence-electron chi connectivity index (χ0n) is 18.9. The summed E-state index contributed by atoms with van der Waals surface area (Å²) in [5.74, 6) is 0.0411. The number of para-hydroxylation sites is 1. The van der Waals surface area contributed by atoms with E-state index in [1.165, 1.54) is 27.8 Å². The Kier molecular flexibility index (Phi) is 5.95. The van der Waals surface area contributed by atoms with Crippen LogP contribution in [0.15, 0.2) is 103 Å². The highest BCUT2D eigenvalue weighted by Crippen LogP contribution is 2.33. The van der Waals surface area contributed by atoms with Crippen LogP contribution in [0, 0.1) is 0 Å². The quantitative estimate of drug-likeness (QED) is 0.370. The van der Waals surface area contributed by atoms with Crippen molar-refractivity contribution in [2.75, 3.05) is 13.6 Å². The molecule has 3 heteroatoms. The van der Waals surface area contributed by atoms with Gasteiger partial charge in [-0.1, -0.05) is 66.7 Å². The van der Waals surface area contributed by atoms with E-state index in [0.29, 0.717) is 12.1 Å². The third-order valence-electron chi connectivity index (χ3n) is 6.46. The molecule has 33 heavy (non-hydrogen) atoms. The highest BCUT2D eigenvalue weighted by Gasteiger charge is 2.18. The molecule has 5 rings (SSSR count). The van der Waals surface area contributed by atoms with E-state index in [0.717, 1.165) is 24.9 Å². The lowest BCUT2D eigenvalue weighted by molar-refractivity contribution is 0.0797. The van der Waals surface area contributed by atoms with Crippen molar-refractivity contribution in [1.29, 1.82) is 0 Å². The molecule has 1 heterocycles. The van der Waals surface area contributed by atoms with Gasteiger partial charge in [0.1, 0.15) is 0 Å². The van der Waals surface area contributed by atoms with Crippen LogP contribution in [0.5, 0.6) is 0 Å². The average molecular weight is 433 g/mol. The number of aryl methyl sites for hydroxylation is 2. The summed E-state index contributed by atoms with van der Waals surface area (Å²) < 4.78 is 1.99. The number of nitrogens with zero attached hydrogens (tertiary/aromatic N) is 2. The molecule has 0 bridgehead atoms. The average Bonchev–Trinajstić information content (AvgIpc) is 3.35. The molecule has 1 aliphatic carbocycles. The molecule has 0 unspecified atom stereocenters. The second-order valence-corrected chi connectivity index (χ2v) is 8.55. The number of aromatic nitrogens is 1. The number of benzene rings is 3. The Morgan fingerprint density at radius 2 is 1.39 bits per heavy atom. The van der Waals surface area contributed by atoms with E-state index in [2.05, 4.69) is 54.6 Å². The van der Waals surface area contributed by atoms with E-state index in [-0.39, 0.29) is 5.91 Å². The third kappa shape index (κ3) is 4.27. The van der Waals surface area contributed by atoms with Gasteiger partial charge in [-0.2, -0.15) is 0 Å². The van der Waals surface area contributed by atoms with Crippen LogP contribution in [-0.4, -0.2) is 29.0 Å². The Morgan fingerprint density at radius 1 is 0.818 bits per heavy atom. The molecule has 3 nitrogen and oxygen atoms in total. The zero-order valence-corrected chi connectivity index (χ0v) is 18.9. The van der Waals surface area contributed by atoms with Crippen molar-refractivity contribution in [3.05, 3.63) is 131 Å². The fourth-order valence-electron chi connectivity index (χ4n) is 4.72. The zero-order chi connectivity index (χ0) is 22.6. The summed E-state index contributed by atoms with van der Waals surface area (Å²) in [7, 11) is 1.89. The maximum atomic E-state index is 13.3. The highest BCUT2D eigenvalue weighted by atomic mass is 16.2. The van der Waals surface area contributed by atoms with Gasteiger partial charge in [0, 0.05) is 26.0 Å². The van der Waals surface area contributed by atoms with Gasteiger partial charge in [0.05, 0.1) is 11.3 Å². The van der Waals surface area contributed by atoms with Gasteiger partial charge in [0.2, 0.25) is 0 Å². The van der Waals surface area contributed by atoms with E-state index in [1.54, 1.807) is 0 Å². The Balaban J connectivity index is 1.39. The molecule has 0 radical (unpaired) electrons. The van der Waals surface area contributed by atoms with E-state index in [4.69, 9.17) is 0 Å². The first-order chi connectivity index (χ1) is 16.2. The maximum Gasteiger partial charge on any atom is 0.255 e. The minimum atomic E-state index is 0.0411. The van der Waals surface area contributed by atoms with Crippen molar-refractivity contribution < 1.29 is 4.79 Å². The van der Waals surface area contributed by atoms with Crippen molar-refractivity contribution >= 4 is 11.5 Å². The van der Waals surface area contributed by atoms with Crippen LogP contribution >= 0.6 is 0 Å². The first-order valence-corrected chi connectivity index (χ1v) is 11.6. The number of amides is 1. The van der Waals surface area contributed by atoms with Crippen LogP contribution in [-0.2, 0) is 12.8 Å². The largest absolute Gasteiger partial charge is 0.341 e. The lowest BCUT2D eigenvalue weighted by atomic mass is 9.93. The summed E-state index contributed by atoms with van der Waals surface area (Å²) in [6.45, 7) is 0.659. The van der Waals surface area contributed by atoms with Gasteiger partial charge in [-0.05, 0) is 71.4 Å².